The van der Waals surface area contributed by atoms with Crippen LogP contribution in [0.4, 0.5) is 5.69 Å². The third kappa shape index (κ3) is 4.25. The molecule has 1 aliphatic rings. The summed E-state index contributed by atoms with van der Waals surface area (Å²) < 4.78 is 33.7. The first-order valence-corrected chi connectivity index (χ1v) is 11.4. The van der Waals surface area contributed by atoms with Crippen LogP contribution < -0.4 is 19.6 Å². The van der Waals surface area contributed by atoms with Crippen LogP contribution in [-0.4, -0.2) is 33.5 Å². The Morgan fingerprint density at radius 3 is 2.16 bits per heavy atom. The molecule has 0 spiro atoms. The minimum absolute atomic E-state index is 0.0263. The van der Waals surface area contributed by atoms with Crippen molar-refractivity contribution >= 4 is 21.4 Å². The largest absolute Gasteiger partial charge is 0.507 e. The highest BCUT2D eigenvalue weighted by Gasteiger charge is 2.31. The van der Waals surface area contributed by atoms with E-state index in [4.69, 9.17) is 19.7 Å². The molecule has 0 aromatic heterocycles. The molecule has 9 heteroatoms. The van der Waals surface area contributed by atoms with Crippen molar-refractivity contribution in [1.29, 1.82) is 0 Å². The van der Waals surface area contributed by atoms with Crippen LogP contribution in [0.3, 0.4) is 0 Å². The number of rotatable bonds is 6. The van der Waals surface area contributed by atoms with E-state index in [1.165, 1.54) is 19.2 Å². The van der Waals surface area contributed by atoms with Crippen LogP contribution in [0.1, 0.15) is 23.6 Å². The van der Waals surface area contributed by atoms with Crippen molar-refractivity contribution in [3.8, 4) is 17.2 Å². The van der Waals surface area contributed by atoms with Gasteiger partial charge in [-0.15, -0.1) is 0 Å². The first kappa shape index (κ1) is 21.7. The molecule has 0 bridgehead atoms. The Hall–Kier alpha value is -3.56. The summed E-state index contributed by atoms with van der Waals surface area (Å²) in [4.78, 5) is 0.0263. The number of hydrogen-bond donors (Lipinski definition) is 2. The maximum absolute atomic E-state index is 11.6. The average Bonchev–Trinajstić information content (AvgIpc) is 3.23. The molecule has 1 unspecified atom stereocenters. The van der Waals surface area contributed by atoms with Gasteiger partial charge in [0.25, 0.3) is 0 Å². The lowest BCUT2D eigenvalue weighted by atomic mass is 9.97. The molecule has 1 atom stereocenters. The van der Waals surface area contributed by atoms with Crippen LogP contribution in [0, 0.1) is 0 Å². The molecule has 3 aromatic rings. The summed E-state index contributed by atoms with van der Waals surface area (Å²) in [7, 11) is -0.651. The van der Waals surface area contributed by atoms with Crippen molar-refractivity contribution in [3.05, 3.63) is 77.9 Å². The predicted molar refractivity (Wildman–Crippen MR) is 122 cm³/mol. The zero-order valence-corrected chi connectivity index (χ0v) is 18.4. The van der Waals surface area contributed by atoms with E-state index in [0.717, 1.165) is 11.3 Å². The minimum atomic E-state index is -3.80. The van der Waals surface area contributed by atoms with E-state index in [0.29, 0.717) is 29.1 Å². The third-order valence-corrected chi connectivity index (χ3v) is 6.29. The van der Waals surface area contributed by atoms with E-state index in [1.54, 1.807) is 37.4 Å². The van der Waals surface area contributed by atoms with Crippen LogP contribution in [-0.2, 0) is 10.0 Å². The van der Waals surface area contributed by atoms with E-state index in [9.17, 15) is 13.5 Å². The molecular formula is C23H23N3O5S. The monoisotopic (exact) mass is 453 g/mol. The normalized spacial score (nSPS) is 16.0. The van der Waals surface area contributed by atoms with Gasteiger partial charge < -0.3 is 14.6 Å². The Bertz CT molecular complexity index is 1260. The minimum Gasteiger partial charge on any atom is -0.507 e. The lowest BCUT2D eigenvalue weighted by molar-refractivity contribution is 0.407. The van der Waals surface area contributed by atoms with E-state index < -0.39 is 10.0 Å². The van der Waals surface area contributed by atoms with Crippen LogP contribution in [0.25, 0.3) is 0 Å². The molecule has 3 N–H and O–H groups in total. The molecule has 0 saturated carbocycles. The average molecular weight is 454 g/mol. The van der Waals surface area contributed by atoms with Crippen molar-refractivity contribution in [2.75, 3.05) is 19.2 Å². The van der Waals surface area contributed by atoms with E-state index in [1.807, 2.05) is 29.3 Å². The Balaban J connectivity index is 1.75. The molecule has 3 aromatic carbocycles. The Morgan fingerprint density at radius 1 is 0.969 bits per heavy atom. The SMILES string of the molecule is COc1ccc(C2CC(c3ccc(OC)cc3O)=NN2c2ccc(S(N)(=O)=O)cc2)cc1. The van der Waals surface area contributed by atoms with Gasteiger partial charge in [0.15, 0.2) is 0 Å². The molecule has 0 amide bonds. The van der Waals surface area contributed by atoms with Gasteiger partial charge in [-0.2, -0.15) is 5.10 Å². The Morgan fingerprint density at radius 2 is 1.59 bits per heavy atom. The summed E-state index contributed by atoms with van der Waals surface area (Å²) in [6.07, 6.45) is 0.531. The number of nitrogens with zero attached hydrogens (tertiary/aromatic N) is 2. The standard InChI is InChI=1S/C23H23N3O5S/c1-30-17-7-3-15(4-8-17)22-14-21(20-12-9-18(31-2)13-23(20)27)25-26(22)16-5-10-19(11-6-16)32(24,28)29/h3-13,22,27H,14H2,1-2H3,(H2,24,28,29). The number of ether oxygens (including phenoxy) is 2. The fraction of sp³-hybridized carbons (Fsp3) is 0.174. The number of phenolic OH excluding ortho intramolecular Hbond substituents is 1. The van der Waals surface area contributed by atoms with Crippen LogP contribution in [0.15, 0.2) is 76.7 Å². The van der Waals surface area contributed by atoms with E-state index in [-0.39, 0.29) is 16.7 Å². The zero-order valence-electron chi connectivity index (χ0n) is 17.6. The summed E-state index contributed by atoms with van der Waals surface area (Å²) in [5, 5.41) is 22.3. The quantitative estimate of drug-likeness (QED) is 0.591. The zero-order chi connectivity index (χ0) is 22.9. The van der Waals surface area contributed by atoms with Crippen molar-refractivity contribution in [3.63, 3.8) is 0 Å². The smallest absolute Gasteiger partial charge is 0.238 e. The highest BCUT2D eigenvalue weighted by atomic mass is 32.2. The number of hydrazone groups is 1. The Kier molecular flexibility index (Phi) is 5.77. The van der Waals surface area contributed by atoms with Gasteiger partial charge in [-0.1, -0.05) is 12.1 Å². The number of sulfonamides is 1. The van der Waals surface area contributed by atoms with Crippen molar-refractivity contribution in [2.45, 2.75) is 17.4 Å². The highest BCUT2D eigenvalue weighted by molar-refractivity contribution is 7.89. The lowest BCUT2D eigenvalue weighted by Gasteiger charge is -2.24. The van der Waals surface area contributed by atoms with Crippen molar-refractivity contribution in [1.82, 2.24) is 0 Å². The van der Waals surface area contributed by atoms with Gasteiger partial charge in [0.1, 0.15) is 17.2 Å². The second-order valence-electron chi connectivity index (χ2n) is 7.31. The number of primary sulfonamides is 1. The maximum atomic E-state index is 11.6. The maximum Gasteiger partial charge on any atom is 0.238 e. The number of methoxy groups -OCH3 is 2. The molecule has 0 aliphatic carbocycles. The molecule has 0 fully saturated rings. The van der Waals surface area contributed by atoms with Crippen molar-refractivity contribution in [2.24, 2.45) is 10.2 Å². The van der Waals surface area contributed by atoms with Crippen LogP contribution >= 0.6 is 0 Å². The Labute approximate surface area is 186 Å². The fourth-order valence-corrected chi connectivity index (χ4v) is 4.18. The second-order valence-corrected chi connectivity index (χ2v) is 8.87. The summed E-state index contributed by atoms with van der Waals surface area (Å²) in [6.45, 7) is 0. The number of benzene rings is 3. The lowest BCUT2D eigenvalue weighted by Crippen LogP contribution is -2.19. The first-order chi connectivity index (χ1) is 15.3. The summed E-state index contributed by atoms with van der Waals surface area (Å²) >= 11 is 0. The number of nitrogens with two attached hydrogens (primary N) is 1. The molecule has 166 valence electrons. The van der Waals surface area contributed by atoms with Gasteiger partial charge in [0, 0.05) is 18.1 Å². The molecular weight excluding hydrogens is 430 g/mol. The number of aromatic hydroxyl groups is 1. The summed E-state index contributed by atoms with van der Waals surface area (Å²) in [6, 6.07) is 18.8. The molecule has 0 saturated heterocycles. The highest BCUT2D eigenvalue weighted by Crippen LogP contribution is 2.39. The van der Waals surface area contributed by atoms with Crippen molar-refractivity contribution < 1.29 is 23.0 Å². The molecule has 1 heterocycles. The molecule has 0 radical (unpaired) electrons. The number of anilines is 1. The van der Waals surface area contributed by atoms with E-state index >= 15 is 0 Å². The van der Waals surface area contributed by atoms with Crippen LogP contribution in [0.5, 0.6) is 17.2 Å². The number of hydrogen-bond acceptors (Lipinski definition) is 7. The molecule has 1 aliphatic heterocycles. The molecule has 4 rings (SSSR count). The molecule has 32 heavy (non-hydrogen) atoms. The third-order valence-electron chi connectivity index (χ3n) is 5.36. The predicted octanol–water partition coefficient (Wildman–Crippen LogP) is 3.41. The van der Waals surface area contributed by atoms with Gasteiger partial charge in [0.05, 0.1) is 36.6 Å². The summed E-state index contributed by atoms with van der Waals surface area (Å²) in [5.74, 6) is 1.36. The van der Waals surface area contributed by atoms with Gasteiger partial charge >= 0.3 is 0 Å². The fourth-order valence-electron chi connectivity index (χ4n) is 3.67. The van der Waals surface area contributed by atoms with Gasteiger partial charge in [0.2, 0.25) is 10.0 Å². The van der Waals surface area contributed by atoms with Gasteiger partial charge in [-0.3, -0.25) is 5.01 Å². The first-order valence-electron chi connectivity index (χ1n) is 9.81. The molecule has 8 nitrogen and oxygen atoms in total. The van der Waals surface area contributed by atoms with Crippen LogP contribution in [0.2, 0.25) is 0 Å². The second kappa shape index (κ2) is 8.52. The van der Waals surface area contributed by atoms with E-state index in [2.05, 4.69) is 0 Å². The van der Waals surface area contributed by atoms with Gasteiger partial charge in [-0.25, -0.2) is 13.6 Å². The topological polar surface area (TPSA) is 114 Å². The van der Waals surface area contributed by atoms with Gasteiger partial charge in [-0.05, 0) is 54.1 Å². The number of phenols is 1. The summed E-state index contributed by atoms with van der Waals surface area (Å²) in [5.41, 5.74) is 2.99.